The zero-order valence-electron chi connectivity index (χ0n) is 16.7. The van der Waals surface area contributed by atoms with Crippen molar-refractivity contribution in [3.8, 4) is 0 Å². The summed E-state index contributed by atoms with van der Waals surface area (Å²) < 4.78 is 22.7. The number of guanidine groups is 1. The van der Waals surface area contributed by atoms with Crippen molar-refractivity contribution in [2.75, 3.05) is 19.3 Å². The van der Waals surface area contributed by atoms with Gasteiger partial charge >= 0.3 is 0 Å². The van der Waals surface area contributed by atoms with E-state index in [1.165, 1.54) is 11.2 Å². The minimum absolute atomic E-state index is 0.0672. The van der Waals surface area contributed by atoms with Crippen LogP contribution in [0.25, 0.3) is 0 Å². The van der Waals surface area contributed by atoms with Gasteiger partial charge in [-0.15, -0.1) is 11.8 Å². The van der Waals surface area contributed by atoms with Gasteiger partial charge in [0.1, 0.15) is 0 Å². The molecule has 152 valence electrons. The molecule has 2 rings (SSSR count). The second kappa shape index (κ2) is 11.1. The summed E-state index contributed by atoms with van der Waals surface area (Å²) in [5.74, 6) is 0.848. The van der Waals surface area contributed by atoms with Gasteiger partial charge in [0.15, 0.2) is 15.8 Å². The quantitative estimate of drug-likeness (QED) is 0.370. The van der Waals surface area contributed by atoms with Gasteiger partial charge in [-0.2, -0.15) is 0 Å². The van der Waals surface area contributed by atoms with Crippen molar-refractivity contribution in [1.82, 2.24) is 10.6 Å². The Hall–Kier alpha value is -1.99. The summed E-state index contributed by atoms with van der Waals surface area (Å²) >= 11 is 1.83. The lowest BCUT2D eigenvalue weighted by Crippen LogP contribution is -2.40. The molecular weight excluding hydrogens is 390 g/mol. The van der Waals surface area contributed by atoms with E-state index >= 15 is 0 Å². The Balaban J connectivity index is 1.89. The van der Waals surface area contributed by atoms with Crippen molar-refractivity contribution in [1.29, 1.82) is 0 Å². The molecule has 2 N–H and O–H groups in total. The van der Waals surface area contributed by atoms with Crippen LogP contribution in [-0.2, 0) is 22.1 Å². The molecule has 0 aromatic heterocycles. The highest BCUT2D eigenvalue weighted by molar-refractivity contribution is 8.00. The molecule has 0 spiro atoms. The smallest absolute Gasteiger partial charge is 0.191 e. The number of nitrogens with one attached hydrogen (secondary N) is 2. The second-order valence-electron chi connectivity index (χ2n) is 6.70. The van der Waals surface area contributed by atoms with Gasteiger partial charge in [-0.05, 0) is 30.2 Å². The van der Waals surface area contributed by atoms with Crippen LogP contribution in [0.15, 0.2) is 64.5 Å². The van der Waals surface area contributed by atoms with Crippen LogP contribution in [0, 0.1) is 0 Å². The fourth-order valence-electron chi connectivity index (χ4n) is 2.57. The first-order chi connectivity index (χ1) is 13.4. The van der Waals surface area contributed by atoms with Crippen LogP contribution in [0.3, 0.4) is 0 Å². The Morgan fingerprint density at radius 1 is 1.04 bits per heavy atom. The van der Waals surface area contributed by atoms with Gasteiger partial charge in [0.2, 0.25) is 0 Å². The number of sulfone groups is 1. The average Bonchev–Trinajstić information content (AvgIpc) is 2.65. The van der Waals surface area contributed by atoms with Crippen LogP contribution < -0.4 is 10.6 Å². The number of nitrogens with zero attached hydrogens (tertiary/aromatic N) is 1. The summed E-state index contributed by atoms with van der Waals surface area (Å²) in [5, 5.41) is 7.06. The zero-order chi connectivity index (χ0) is 20.4. The maximum Gasteiger partial charge on any atom is 0.191 e. The summed E-state index contributed by atoms with van der Waals surface area (Å²) in [4.78, 5) is 5.89. The fraction of sp³-hybridized carbons (Fsp3) is 0.381. The van der Waals surface area contributed by atoms with Crippen molar-refractivity contribution < 1.29 is 8.42 Å². The van der Waals surface area contributed by atoms with E-state index in [1.807, 2.05) is 49.0 Å². The van der Waals surface area contributed by atoms with Crippen molar-refractivity contribution >= 4 is 27.6 Å². The summed E-state index contributed by atoms with van der Waals surface area (Å²) in [5.41, 5.74) is 1.84. The highest BCUT2D eigenvalue weighted by Crippen LogP contribution is 2.21. The Labute approximate surface area is 173 Å². The lowest BCUT2D eigenvalue weighted by atomic mass is 10.1. The highest BCUT2D eigenvalue weighted by atomic mass is 32.2. The number of thioether (sulfide) groups is 1. The monoisotopic (exact) mass is 419 g/mol. The van der Waals surface area contributed by atoms with E-state index in [2.05, 4.69) is 46.8 Å². The van der Waals surface area contributed by atoms with E-state index < -0.39 is 9.84 Å². The van der Waals surface area contributed by atoms with Gasteiger partial charge in [-0.3, -0.25) is 0 Å². The lowest BCUT2D eigenvalue weighted by Gasteiger charge is -2.15. The topological polar surface area (TPSA) is 70.6 Å². The van der Waals surface area contributed by atoms with Gasteiger partial charge in [0.05, 0.1) is 12.3 Å². The number of hydrogen-bond donors (Lipinski definition) is 2. The number of rotatable bonds is 9. The molecule has 0 radical (unpaired) electrons. The SMILES string of the molecule is CCNC(=NCc1ccc(CS(C)(=O)=O)cc1)NCC(C)Sc1ccccc1. The van der Waals surface area contributed by atoms with Gasteiger partial charge in [-0.1, -0.05) is 49.4 Å². The molecule has 2 aromatic carbocycles. The molecule has 1 atom stereocenters. The molecular formula is C21H29N3O2S2. The van der Waals surface area contributed by atoms with E-state index in [-0.39, 0.29) is 5.75 Å². The van der Waals surface area contributed by atoms with E-state index in [4.69, 9.17) is 0 Å². The van der Waals surface area contributed by atoms with Gasteiger partial charge in [0.25, 0.3) is 0 Å². The lowest BCUT2D eigenvalue weighted by molar-refractivity contribution is 0.601. The predicted octanol–water partition coefficient (Wildman–Crippen LogP) is 3.47. The Kier molecular flexibility index (Phi) is 8.86. The molecule has 1 unspecified atom stereocenters. The molecule has 0 bridgehead atoms. The summed E-state index contributed by atoms with van der Waals surface area (Å²) in [6.45, 7) is 6.36. The van der Waals surface area contributed by atoms with Crippen LogP contribution in [0.2, 0.25) is 0 Å². The number of benzene rings is 2. The van der Waals surface area contributed by atoms with Crippen molar-refractivity contribution in [3.05, 3.63) is 65.7 Å². The largest absolute Gasteiger partial charge is 0.357 e. The van der Waals surface area contributed by atoms with Crippen LogP contribution >= 0.6 is 11.8 Å². The molecule has 0 heterocycles. The third kappa shape index (κ3) is 8.80. The van der Waals surface area contributed by atoms with Crippen molar-refractivity contribution in [2.45, 2.75) is 36.3 Å². The molecule has 0 fully saturated rings. The van der Waals surface area contributed by atoms with Gasteiger partial charge in [-0.25, -0.2) is 13.4 Å². The molecule has 28 heavy (non-hydrogen) atoms. The summed E-state index contributed by atoms with van der Waals surface area (Å²) in [6.07, 6.45) is 1.25. The minimum atomic E-state index is -3.01. The number of hydrogen-bond acceptors (Lipinski definition) is 4. The summed E-state index contributed by atoms with van der Waals surface area (Å²) in [7, 11) is -3.01. The molecule has 0 aliphatic carbocycles. The second-order valence-corrected chi connectivity index (χ2v) is 10.4. The summed E-state index contributed by atoms with van der Waals surface area (Å²) in [6, 6.07) is 17.9. The van der Waals surface area contributed by atoms with Gasteiger partial charge < -0.3 is 10.6 Å². The molecule has 5 nitrogen and oxygen atoms in total. The molecule has 0 aliphatic rings. The highest BCUT2D eigenvalue weighted by Gasteiger charge is 2.07. The third-order valence-electron chi connectivity index (χ3n) is 3.85. The van der Waals surface area contributed by atoms with Crippen LogP contribution in [0.1, 0.15) is 25.0 Å². The zero-order valence-corrected chi connectivity index (χ0v) is 18.3. The normalized spacial score (nSPS) is 13.2. The van der Waals surface area contributed by atoms with Crippen molar-refractivity contribution in [2.24, 2.45) is 4.99 Å². The van der Waals surface area contributed by atoms with E-state index in [0.29, 0.717) is 11.8 Å². The maximum atomic E-state index is 11.4. The fourth-order valence-corrected chi connectivity index (χ4v) is 4.31. The molecule has 0 amide bonds. The molecule has 0 saturated carbocycles. The van der Waals surface area contributed by atoms with Crippen LogP contribution in [0.4, 0.5) is 0 Å². The molecule has 0 saturated heterocycles. The van der Waals surface area contributed by atoms with E-state index in [1.54, 1.807) is 0 Å². The van der Waals surface area contributed by atoms with Crippen molar-refractivity contribution in [3.63, 3.8) is 0 Å². The van der Waals surface area contributed by atoms with E-state index in [0.717, 1.165) is 30.2 Å². The minimum Gasteiger partial charge on any atom is -0.357 e. The third-order valence-corrected chi connectivity index (χ3v) is 5.82. The predicted molar refractivity (Wildman–Crippen MR) is 120 cm³/mol. The Morgan fingerprint density at radius 3 is 2.29 bits per heavy atom. The van der Waals surface area contributed by atoms with Gasteiger partial charge in [0, 0.05) is 29.5 Å². The maximum absolute atomic E-state index is 11.4. The molecule has 7 heteroatoms. The van der Waals surface area contributed by atoms with Crippen LogP contribution in [-0.4, -0.2) is 39.0 Å². The first-order valence-electron chi connectivity index (χ1n) is 9.35. The molecule has 0 aliphatic heterocycles. The van der Waals surface area contributed by atoms with Crippen LogP contribution in [0.5, 0.6) is 0 Å². The van der Waals surface area contributed by atoms with E-state index in [9.17, 15) is 8.42 Å². The number of aliphatic imine (C=N–C) groups is 1. The Bertz CT molecular complexity index is 851. The standard InChI is InChI=1S/C21H29N3O2S2/c1-4-22-21(23-14-17(2)27-20-8-6-5-7-9-20)24-15-18-10-12-19(13-11-18)16-28(3,25)26/h5-13,17H,4,14-16H2,1-3H3,(H2,22,23,24). The Morgan fingerprint density at radius 2 is 1.68 bits per heavy atom. The first-order valence-corrected chi connectivity index (χ1v) is 12.3. The first kappa shape index (κ1) is 22.3. The molecule has 2 aromatic rings. The average molecular weight is 420 g/mol.